The second-order valence-electron chi connectivity index (χ2n) is 14.1. The van der Waals surface area contributed by atoms with Gasteiger partial charge >= 0.3 is 0 Å². The number of anilines is 3. The zero-order valence-electron chi connectivity index (χ0n) is 27.8. The number of hydrogen-bond donors (Lipinski definition) is 0. The Kier molecular flexibility index (Phi) is 6.08. The van der Waals surface area contributed by atoms with E-state index in [9.17, 15) is 0 Å². The number of fused-ring (bicyclic) bond motifs is 7. The molecule has 2 aliphatic rings. The van der Waals surface area contributed by atoms with Crippen LogP contribution in [0.15, 0.2) is 152 Å². The Morgan fingerprint density at radius 3 is 2.20 bits per heavy atom. The SMILES string of the molecule is CC1(C)c2ccccc2-n2c3ccc(-c4ccc(N(c5ccc6c(c5)C=CCC6)c5ccc6ccccc6c5)cc4)cc3c3cccc1c32. The quantitative estimate of drug-likeness (QED) is 0.188. The van der Waals surface area contributed by atoms with Crippen molar-refractivity contribution in [1.82, 2.24) is 4.57 Å². The number of aryl methyl sites for hydroxylation is 1. The summed E-state index contributed by atoms with van der Waals surface area (Å²) in [5.41, 5.74) is 15.2. The highest BCUT2D eigenvalue weighted by atomic mass is 15.1. The third kappa shape index (κ3) is 4.27. The van der Waals surface area contributed by atoms with E-state index in [2.05, 4.69) is 181 Å². The first-order valence-corrected chi connectivity index (χ1v) is 17.4. The van der Waals surface area contributed by atoms with Gasteiger partial charge in [-0.1, -0.05) is 117 Å². The molecular formula is C47H36N2. The van der Waals surface area contributed by atoms with Crippen molar-refractivity contribution in [3.05, 3.63) is 174 Å². The van der Waals surface area contributed by atoms with E-state index >= 15 is 0 Å². The van der Waals surface area contributed by atoms with Crippen LogP contribution >= 0.6 is 0 Å². The van der Waals surface area contributed by atoms with Gasteiger partial charge in [0.05, 0.1) is 16.7 Å². The molecule has 0 radical (unpaired) electrons. The van der Waals surface area contributed by atoms with Crippen LogP contribution in [0, 0.1) is 0 Å². The van der Waals surface area contributed by atoms with Gasteiger partial charge in [-0.25, -0.2) is 0 Å². The molecule has 2 heteroatoms. The van der Waals surface area contributed by atoms with Crippen LogP contribution in [0.1, 0.15) is 42.5 Å². The molecule has 2 heterocycles. The molecule has 49 heavy (non-hydrogen) atoms. The zero-order valence-corrected chi connectivity index (χ0v) is 27.8. The topological polar surface area (TPSA) is 8.17 Å². The summed E-state index contributed by atoms with van der Waals surface area (Å²) in [7, 11) is 0. The van der Waals surface area contributed by atoms with E-state index in [1.165, 1.54) is 77.3 Å². The van der Waals surface area contributed by atoms with Crippen molar-refractivity contribution in [2.75, 3.05) is 4.90 Å². The van der Waals surface area contributed by atoms with Gasteiger partial charge in [0, 0.05) is 33.2 Å². The summed E-state index contributed by atoms with van der Waals surface area (Å²) < 4.78 is 2.49. The van der Waals surface area contributed by atoms with Crippen LogP contribution in [-0.4, -0.2) is 4.57 Å². The fourth-order valence-electron chi connectivity index (χ4n) is 8.46. The lowest BCUT2D eigenvalue weighted by molar-refractivity contribution is 0.630. The highest BCUT2D eigenvalue weighted by Gasteiger charge is 2.34. The van der Waals surface area contributed by atoms with Crippen molar-refractivity contribution in [2.45, 2.75) is 32.1 Å². The molecule has 0 atom stereocenters. The van der Waals surface area contributed by atoms with Gasteiger partial charge in [0.2, 0.25) is 0 Å². The third-order valence-electron chi connectivity index (χ3n) is 11.0. The molecule has 0 amide bonds. The molecular weight excluding hydrogens is 593 g/mol. The number of rotatable bonds is 4. The molecule has 0 saturated carbocycles. The minimum absolute atomic E-state index is 0.0651. The van der Waals surface area contributed by atoms with Gasteiger partial charge in [-0.05, 0) is 112 Å². The Hall–Kier alpha value is -5.86. The van der Waals surface area contributed by atoms with Crippen LogP contribution in [0.25, 0.3) is 55.5 Å². The number of aromatic nitrogens is 1. The van der Waals surface area contributed by atoms with Crippen molar-refractivity contribution in [2.24, 2.45) is 0 Å². The third-order valence-corrected chi connectivity index (χ3v) is 11.0. The highest BCUT2D eigenvalue weighted by Crippen LogP contribution is 2.48. The lowest BCUT2D eigenvalue weighted by Gasteiger charge is -2.34. The van der Waals surface area contributed by atoms with Crippen LogP contribution in [0.5, 0.6) is 0 Å². The second-order valence-corrected chi connectivity index (χ2v) is 14.1. The number of benzene rings is 7. The molecule has 0 fully saturated rings. The Morgan fingerprint density at radius 1 is 0.571 bits per heavy atom. The lowest BCUT2D eigenvalue weighted by Crippen LogP contribution is -2.26. The van der Waals surface area contributed by atoms with E-state index in [4.69, 9.17) is 0 Å². The molecule has 10 rings (SSSR count). The van der Waals surface area contributed by atoms with Gasteiger partial charge < -0.3 is 9.47 Å². The lowest BCUT2D eigenvalue weighted by atomic mass is 9.75. The van der Waals surface area contributed by atoms with E-state index in [0.29, 0.717) is 0 Å². The van der Waals surface area contributed by atoms with Crippen LogP contribution in [0.2, 0.25) is 0 Å². The van der Waals surface area contributed by atoms with Gasteiger partial charge in [-0.3, -0.25) is 0 Å². The van der Waals surface area contributed by atoms with E-state index in [1.807, 2.05) is 0 Å². The predicted molar refractivity (Wildman–Crippen MR) is 208 cm³/mol. The van der Waals surface area contributed by atoms with Gasteiger partial charge in [-0.2, -0.15) is 0 Å². The largest absolute Gasteiger partial charge is 0.310 e. The molecule has 7 aromatic carbocycles. The molecule has 0 saturated heterocycles. The fourth-order valence-corrected chi connectivity index (χ4v) is 8.46. The van der Waals surface area contributed by atoms with E-state index < -0.39 is 0 Å². The molecule has 1 aliphatic heterocycles. The Labute approximate surface area is 287 Å². The van der Waals surface area contributed by atoms with Gasteiger partial charge in [-0.15, -0.1) is 0 Å². The summed E-state index contributed by atoms with van der Waals surface area (Å²) in [6.07, 6.45) is 6.79. The zero-order chi connectivity index (χ0) is 32.7. The summed E-state index contributed by atoms with van der Waals surface area (Å²) >= 11 is 0. The van der Waals surface area contributed by atoms with Crippen LogP contribution in [0.3, 0.4) is 0 Å². The van der Waals surface area contributed by atoms with Crippen molar-refractivity contribution < 1.29 is 0 Å². The van der Waals surface area contributed by atoms with Crippen LogP contribution in [0.4, 0.5) is 17.1 Å². The summed E-state index contributed by atoms with van der Waals surface area (Å²) in [5.74, 6) is 0. The fraction of sp³-hybridized carbons (Fsp3) is 0.106. The Bertz CT molecular complexity index is 2630. The van der Waals surface area contributed by atoms with Crippen molar-refractivity contribution in [3.63, 3.8) is 0 Å². The maximum Gasteiger partial charge on any atom is 0.0582 e. The first-order valence-electron chi connectivity index (χ1n) is 17.4. The van der Waals surface area contributed by atoms with E-state index in [0.717, 1.165) is 24.2 Å². The molecule has 0 bridgehead atoms. The molecule has 1 aliphatic carbocycles. The summed E-state index contributed by atoms with van der Waals surface area (Å²) in [4.78, 5) is 2.39. The number of hydrogen-bond acceptors (Lipinski definition) is 1. The highest BCUT2D eigenvalue weighted by molar-refractivity contribution is 6.12. The second kappa shape index (κ2) is 10.6. The summed E-state index contributed by atoms with van der Waals surface area (Å²) in [5, 5.41) is 5.11. The van der Waals surface area contributed by atoms with Gasteiger partial charge in [0.1, 0.15) is 0 Å². The smallest absolute Gasteiger partial charge is 0.0582 e. The minimum Gasteiger partial charge on any atom is -0.310 e. The van der Waals surface area contributed by atoms with Crippen molar-refractivity contribution in [1.29, 1.82) is 0 Å². The molecule has 1 aromatic heterocycles. The molecule has 2 nitrogen and oxygen atoms in total. The van der Waals surface area contributed by atoms with Crippen LogP contribution in [-0.2, 0) is 11.8 Å². The number of nitrogens with zero attached hydrogens (tertiary/aromatic N) is 2. The molecule has 0 unspecified atom stereocenters. The Balaban J connectivity index is 1.10. The van der Waals surface area contributed by atoms with Gasteiger partial charge in [0.15, 0.2) is 0 Å². The van der Waals surface area contributed by atoms with E-state index in [1.54, 1.807) is 0 Å². The average molecular weight is 629 g/mol. The molecule has 8 aromatic rings. The molecule has 234 valence electrons. The maximum atomic E-state index is 2.49. The first-order chi connectivity index (χ1) is 24.0. The predicted octanol–water partition coefficient (Wildman–Crippen LogP) is 12.7. The normalized spacial score (nSPS) is 14.2. The maximum absolute atomic E-state index is 2.49. The monoisotopic (exact) mass is 628 g/mol. The van der Waals surface area contributed by atoms with Crippen molar-refractivity contribution >= 4 is 55.7 Å². The summed E-state index contributed by atoms with van der Waals surface area (Å²) in [6, 6.07) is 54.2. The molecule has 0 N–H and O–H groups in total. The standard InChI is InChI=1S/C47H36N2/c1-47(2)42-15-7-8-17-45(42)49-44-27-22-36(30-41(44)40-14-9-16-43(47)46(40)49)33-18-23-37(24-19-33)48(38-25-20-31-10-3-5-12-34(31)28-38)39-26-21-32-11-4-6-13-35(32)29-39/h3,5-10,12-30H,4,11H2,1-2H3. The molecule has 0 spiro atoms. The minimum atomic E-state index is -0.0651. The number of allylic oxidation sites excluding steroid dienone is 1. The Morgan fingerprint density at radius 2 is 1.31 bits per heavy atom. The van der Waals surface area contributed by atoms with Crippen molar-refractivity contribution in [3.8, 4) is 16.8 Å². The average Bonchev–Trinajstić information content (AvgIpc) is 3.48. The van der Waals surface area contributed by atoms with E-state index in [-0.39, 0.29) is 5.41 Å². The first kappa shape index (κ1) is 28.2. The summed E-state index contributed by atoms with van der Waals surface area (Å²) in [6.45, 7) is 4.72. The number of para-hydroxylation sites is 2. The van der Waals surface area contributed by atoms with Gasteiger partial charge in [0.25, 0.3) is 0 Å². The van der Waals surface area contributed by atoms with Crippen LogP contribution < -0.4 is 4.90 Å².